The second-order valence-electron chi connectivity index (χ2n) is 3.12. The largest absolute Gasteiger partial charge is 0.497 e. The number of halogens is 2. The summed E-state index contributed by atoms with van der Waals surface area (Å²) in [6, 6.07) is 1.76. The van der Waals surface area contributed by atoms with E-state index in [-0.39, 0.29) is 5.75 Å². The first kappa shape index (κ1) is 12.4. The molecule has 0 heterocycles. The third-order valence-corrected chi connectivity index (χ3v) is 1.99. The number of hydrogen-bond donors (Lipinski definition) is 2. The van der Waals surface area contributed by atoms with Crippen molar-refractivity contribution in [3.05, 3.63) is 29.3 Å². The molecule has 16 heavy (non-hydrogen) atoms. The molecule has 0 aromatic heterocycles. The summed E-state index contributed by atoms with van der Waals surface area (Å²) in [4.78, 5) is 10.3. The molecule has 0 fully saturated rings. The van der Waals surface area contributed by atoms with E-state index in [1.165, 1.54) is 7.11 Å². The van der Waals surface area contributed by atoms with Crippen LogP contribution in [0, 0.1) is 11.6 Å². The molecule has 6 heteroatoms. The van der Waals surface area contributed by atoms with E-state index >= 15 is 0 Å². The fraction of sp³-hybridized carbons (Fsp3) is 0.300. The van der Waals surface area contributed by atoms with Crippen LogP contribution in [0.25, 0.3) is 0 Å². The van der Waals surface area contributed by atoms with Gasteiger partial charge in [-0.15, -0.1) is 0 Å². The van der Waals surface area contributed by atoms with Crippen molar-refractivity contribution in [2.24, 2.45) is 0 Å². The second-order valence-corrected chi connectivity index (χ2v) is 3.12. The predicted molar refractivity (Wildman–Crippen MR) is 50.1 cm³/mol. The Morgan fingerprint density at radius 1 is 1.44 bits per heavy atom. The maximum Gasteiger partial charge on any atom is 0.306 e. The van der Waals surface area contributed by atoms with E-state index in [1.54, 1.807) is 0 Å². The lowest BCUT2D eigenvalue weighted by molar-refractivity contribution is -0.139. The van der Waals surface area contributed by atoms with E-state index in [9.17, 15) is 18.7 Å². The maximum absolute atomic E-state index is 13.3. The number of benzene rings is 1. The first-order chi connectivity index (χ1) is 7.45. The Morgan fingerprint density at radius 2 is 1.94 bits per heavy atom. The fourth-order valence-electron chi connectivity index (χ4n) is 1.26. The van der Waals surface area contributed by atoms with E-state index in [1.807, 2.05) is 0 Å². The van der Waals surface area contributed by atoms with Gasteiger partial charge in [0.15, 0.2) is 0 Å². The van der Waals surface area contributed by atoms with E-state index < -0.39 is 35.7 Å². The summed E-state index contributed by atoms with van der Waals surface area (Å²) in [6.07, 6.45) is -2.48. The van der Waals surface area contributed by atoms with E-state index in [0.29, 0.717) is 0 Å². The molecule has 1 atom stereocenters. The highest BCUT2D eigenvalue weighted by molar-refractivity contribution is 5.67. The molecule has 88 valence electrons. The zero-order valence-corrected chi connectivity index (χ0v) is 8.41. The van der Waals surface area contributed by atoms with Gasteiger partial charge in [0.05, 0.1) is 25.2 Å². The Hall–Kier alpha value is -1.69. The molecule has 0 bridgehead atoms. The fourth-order valence-corrected chi connectivity index (χ4v) is 1.26. The minimum absolute atomic E-state index is 0.0405. The molecule has 1 unspecified atom stereocenters. The summed E-state index contributed by atoms with van der Waals surface area (Å²) < 4.78 is 31.3. The third kappa shape index (κ3) is 2.66. The lowest BCUT2D eigenvalue weighted by atomic mass is 10.1. The molecule has 2 N–H and O–H groups in total. The van der Waals surface area contributed by atoms with Gasteiger partial charge in [-0.2, -0.15) is 0 Å². The minimum Gasteiger partial charge on any atom is -0.497 e. The van der Waals surface area contributed by atoms with Gasteiger partial charge in [0.2, 0.25) is 0 Å². The molecule has 0 saturated carbocycles. The molecule has 0 saturated heterocycles. The molecular weight excluding hydrogens is 222 g/mol. The number of aliphatic hydroxyl groups is 1. The van der Waals surface area contributed by atoms with Crippen molar-refractivity contribution >= 4 is 5.97 Å². The molecule has 0 spiro atoms. The molecule has 0 aliphatic heterocycles. The number of carboxylic acid groups (broad SMARTS) is 1. The lowest BCUT2D eigenvalue weighted by Gasteiger charge is -2.11. The number of aliphatic hydroxyl groups excluding tert-OH is 1. The molecule has 1 aromatic rings. The van der Waals surface area contributed by atoms with E-state index in [4.69, 9.17) is 5.11 Å². The zero-order chi connectivity index (χ0) is 12.3. The highest BCUT2D eigenvalue weighted by Crippen LogP contribution is 2.27. The molecule has 0 aliphatic carbocycles. The van der Waals surface area contributed by atoms with Crippen molar-refractivity contribution in [3.8, 4) is 5.75 Å². The Labute approximate surface area is 90.1 Å². The van der Waals surface area contributed by atoms with Gasteiger partial charge in [0, 0.05) is 12.1 Å². The van der Waals surface area contributed by atoms with Gasteiger partial charge in [-0.05, 0) is 0 Å². The van der Waals surface area contributed by atoms with Gasteiger partial charge in [-0.25, -0.2) is 8.78 Å². The van der Waals surface area contributed by atoms with Crippen molar-refractivity contribution in [2.45, 2.75) is 12.5 Å². The quantitative estimate of drug-likeness (QED) is 0.825. The number of methoxy groups -OCH3 is 1. The van der Waals surface area contributed by atoms with Crippen molar-refractivity contribution < 1.29 is 28.5 Å². The molecule has 1 rings (SSSR count). The zero-order valence-electron chi connectivity index (χ0n) is 8.41. The van der Waals surface area contributed by atoms with E-state index in [0.717, 1.165) is 12.1 Å². The monoisotopic (exact) mass is 232 g/mol. The minimum atomic E-state index is -1.72. The average molecular weight is 232 g/mol. The number of carbonyl (C=O) groups is 1. The van der Waals surface area contributed by atoms with Crippen LogP contribution in [0.1, 0.15) is 18.1 Å². The predicted octanol–water partition coefficient (Wildman–Crippen LogP) is 1.48. The molecule has 0 radical (unpaired) electrons. The van der Waals surface area contributed by atoms with Crippen LogP contribution in [-0.2, 0) is 4.79 Å². The van der Waals surface area contributed by atoms with Gasteiger partial charge in [0.25, 0.3) is 0 Å². The smallest absolute Gasteiger partial charge is 0.306 e. The summed E-state index contributed by atoms with van der Waals surface area (Å²) in [6.45, 7) is 0. The lowest BCUT2D eigenvalue weighted by Crippen LogP contribution is -2.09. The molecule has 0 aliphatic rings. The topological polar surface area (TPSA) is 66.8 Å². The van der Waals surface area contributed by atoms with Crippen molar-refractivity contribution in [1.82, 2.24) is 0 Å². The van der Waals surface area contributed by atoms with Crippen molar-refractivity contribution in [2.75, 3.05) is 7.11 Å². The van der Waals surface area contributed by atoms with Crippen molar-refractivity contribution in [3.63, 3.8) is 0 Å². The van der Waals surface area contributed by atoms with Gasteiger partial charge in [-0.3, -0.25) is 4.79 Å². The highest BCUT2D eigenvalue weighted by atomic mass is 19.1. The molecule has 0 amide bonds. The van der Waals surface area contributed by atoms with Crippen LogP contribution in [0.2, 0.25) is 0 Å². The summed E-state index contributed by atoms with van der Waals surface area (Å²) in [7, 11) is 1.24. The normalized spacial score (nSPS) is 12.2. The Morgan fingerprint density at radius 3 is 2.31 bits per heavy atom. The summed E-state index contributed by atoms with van der Waals surface area (Å²) in [5.74, 6) is -3.46. The van der Waals surface area contributed by atoms with Crippen LogP contribution in [-0.4, -0.2) is 23.3 Å². The van der Waals surface area contributed by atoms with Crippen LogP contribution >= 0.6 is 0 Å². The van der Waals surface area contributed by atoms with Crippen LogP contribution < -0.4 is 4.74 Å². The SMILES string of the molecule is COc1cc(F)c(C(O)CC(=O)O)c(F)c1. The average Bonchev–Trinajstić information content (AvgIpc) is 2.15. The van der Waals surface area contributed by atoms with Gasteiger partial charge < -0.3 is 14.9 Å². The summed E-state index contributed by atoms with van der Waals surface area (Å²) in [5.41, 5.74) is -0.664. The first-order valence-electron chi connectivity index (χ1n) is 4.38. The number of aliphatic carboxylic acids is 1. The van der Waals surface area contributed by atoms with Crippen LogP contribution in [0.5, 0.6) is 5.75 Å². The molecular formula is C10H10F2O4. The highest BCUT2D eigenvalue weighted by Gasteiger charge is 2.21. The number of carboxylic acids is 1. The summed E-state index contributed by atoms with van der Waals surface area (Å²) in [5, 5.41) is 17.7. The van der Waals surface area contributed by atoms with Gasteiger partial charge in [0.1, 0.15) is 17.4 Å². The number of ether oxygens (including phenoxy) is 1. The van der Waals surface area contributed by atoms with Crippen molar-refractivity contribution in [1.29, 1.82) is 0 Å². The second kappa shape index (κ2) is 4.89. The number of hydrogen-bond acceptors (Lipinski definition) is 3. The van der Waals surface area contributed by atoms with Crippen LogP contribution in [0.3, 0.4) is 0 Å². The standard InChI is InChI=1S/C10H10F2O4/c1-16-5-2-6(11)10(7(12)3-5)8(13)4-9(14)15/h2-3,8,13H,4H2,1H3,(H,14,15). The Balaban J connectivity index is 3.08. The molecule has 1 aromatic carbocycles. The Kier molecular flexibility index (Phi) is 3.78. The summed E-state index contributed by atoms with van der Waals surface area (Å²) >= 11 is 0. The third-order valence-electron chi connectivity index (χ3n) is 1.99. The Bertz CT molecular complexity index is 383. The molecule has 4 nitrogen and oxygen atoms in total. The van der Waals surface area contributed by atoms with Gasteiger partial charge >= 0.3 is 5.97 Å². The maximum atomic E-state index is 13.3. The van der Waals surface area contributed by atoms with Gasteiger partial charge in [-0.1, -0.05) is 0 Å². The van der Waals surface area contributed by atoms with E-state index in [2.05, 4.69) is 4.74 Å². The number of rotatable bonds is 4. The van der Waals surface area contributed by atoms with Crippen LogP contribution in [0.4, 0.5) is 8.78 Å². The first-order valence-corrected chi connectivity index (χ1v) is 4.38. The van der Waals surface area contributed by atoms with Crippen LogP contribution in [0.15, 0.2) is 12.1 Å².